The van der Waals surface area contributed by atoms with Gasteiger partial charge in [0.1, 0.15) is 10.6 Å². The monoisotopic (exact) mass is 337 g/mol. The number of nitrogens with one attached hydrogen (secondary N) is 1. The van der Waals surface area contributed by atoms with Crippen molar-refractivity contribution in [3.63, 3.8) is 0 Å². The Kier molecular flexibility index (Phi) is 5.11. The van der Waals surface area contributed by atoms with Gasteiger partial charge in [0.15, 0.2) is 0 Å². The van der Waals surface area contributed by atoms with Crippen LogP contribution in [0.5, 0.6) is 5.75 Å². The minimum atomic E-state index is -3.71. The van der Waals surface area contributed by atoms with Crippen LogP contribution in [0.1, 0.15) is 36.2 Å². The average Bonchev–Trinajstić information content (AvgIpc) is 2.93. The Hall–Kier alpha value is -1.86. The first-order valence-corrected chi connectivity index (χ1v) is 8.94. The Morgan fingerprint density at radius 1 is 1.30 bits per heavy atom. The standard InChI is InChI=1S/C16H23N3O3S/c1-6-13(14-7-8-17-19(14)4)18-23(20,21)16-10-12(3)11(2)9-15(16)22-5/h7-10,13,18H,6H2,1-5H3. The van der Waals surface area contributed by atoms with Crippen LogP contribution in [0.15, 0.2) is 29.3 Å². The normalized spacial score (nSPS) is 13.1. The van der Waals surface area contributed by atoms with Gasteiger partial charge in [0, 0.05) is 13.2 Å². The number of hydrogen-bond acceptors (Lipinski definition) is 4. The summed E-state index contributed by atoms with van der Waals surface area (Å²) < 4.78 is 35.4. The summed E-state index contributed by atoms with van der Waals surface area (Å²) in [5, 5.41) is 4.10. The zero-order chi connectivity index (χ0) is 17.2. The van der Waals surface area contributed by atoms with Crippen LogP contribution in [0, 0.1) is 13.8 Å². The van der Waals surface area contributed by atoms with Gasteiger partial charge in [0.25, 0.3) is 0 Å². The number of benzene rings is 1. The van der Waals surface area contributed by atoms with E-state index in [-0.39, 0.29) is 10.9 Å². The van der Waals surface area contributed by atoms with Crippen molar-refractivity contribution in [1.82, 2.24) is 14.5 Å². The van der Waals surface area contributed by atoms with Crippen molar-refractivity contribution in [2.75, 3.05) is 7.11 Å². The van der Waals surface area contributed by atoms with E-state index < -0.39 is 10.0 Å². The first-order valence-electron chi connectivity index (χ1n) is 7.45. The Morgan fingerprint density at radius 3 is 2.48 bits per heavy atom. The largest absolute Gasteiger partial charge is 0.495 e. The molecule has 126 valence electrons. The third kappa shape index (κ3) is 3.56. The highest BCUT2D eigenvalue weighted by Crippen LogP contribution is 2.29. The van der Waals surface area contributed by atoms with Crippen molar-refractivity contribution in [3.05, 3.63) is 41.2 Å². The Bertz CT molecular complexity index is 797. The summed E-state index contributed by atoms with van der Waals surface area (Å²) in [6, 6.07) is 4.86. The van der Waals surface area contributed by atoms with Gasteiger partial charge in [-0.2, -0.15) is 5.10 Å². The van der Waals surface area contributed by atoms with E-state index in [2.05, 4.69) is 9.82 Å². The van der Waals surface area contributed by atoms with Gasteiger partial charge >= 0.3 is 0 Å². The minimum absolute atomic E-state index is 0.156. The summed E-state index contributed by atoms with van der Waals surface area (Å²) in [7, 11) is -0.444. The zero-order valence-electron chi connectivity index (χ0n) is 14.1. The van der Waals surface area contributed by atoms with Crippen LogP contribution in [0.2, 0.25) is 0 Å². The summed E-state index contributed by atoms with van der Waals surface area (Å²) in [4.78, 5) is 0.156. The molecule has 1 aromatic heterocycles. The second-order valence-electron chi connectivity index (χ2n) is 5.55. The summed E-state index contributed by atoms with van der Waals surface area (Å²) >= 11 is 0. The number of ether oxygens (including phenoxy) is 1. The molecule has 1 aromatic carbocycles. The third-order valence-electron chi connectivity index (χ3n) is 3.99. The summed E-state index contributed by atoms with van der Waals surface area (Å²) in [5.41, 5.74) is 2.71. The molecule has 1 N–H and O–H groups in total. The highest BCUT2D eigenvalue weighted by Gasteiger charge is 2.25. The van der Waals surface area contributed by atoms with E-state index in [1.54, 1.807) is 30.1 Å². The van der Waals surface area contributed by atoms with E-state index in [0.717, 1.165) is 16.8 Å². The van der Waals surface area contributed by atoms with Crippen molar-refractivity contribution in [2.45, 2.75) is 38.1 Å². The lowest BCUT2D eigenvalue weighted by Crippen LogP contribution is -2.30. The van der Waals surface area contributed by atoms with Crippen molar-refractivity contribution < 1.29 is 13.2 Å². The summed E-state index contributed by atoms with van der Waals surface area (Å²) in [6.45, 7) is 5.73. The fourth-order valence-electron chi connectivity index (χ4n) is 2.46. The van der Waals surface area contributed by atoms with Crippen molar-refractivity contribution in [1.29, 1.82) is 0 Å². The molecule has 0 fully saturated rings. The lowest BCUT2D eigenvalue weighted by atomic mass is 10.1. The van der Waals surface area contributed by atoms with E-state index in [4.69, 9.17) is 4.74 Å². The number of nitrogens with zero attached hydrogens (tertiary/aromatic N) is 2. The van der Waals surface area contributed by atoms with Gasteiger partial charge in [0.2, 0.25) is 10.0 Å². The third-order valence-corrected chi connectivity index (χ3v) is 5.48. The molecule has 2 aromatic rings. The molecular weight excluding hydrogens is 314 g/mol. The SMILES string of the molecule is CCC(NS(=O)(=O)c1cc(C)c(C)cc1OC)c1ccnn1C. The first-order chi connectivity index (χ1) is 10.8. The van der Waals surface area contributed by atoms with Gasteiger partial charge in [-0.15, -0.1) is 0 Å². The summed E-state index contributed by atoms with van der Waals surface area (Å²) in [5.74, 6) is 0.348. The van der Waals surface area contributed by atoms with Crippen LogP contribution < -0.4 is 9.46 Å². The maximum absolute atomic E-state index is 12.8. The predicted molar refractivity (Wildman–Crippen MR) is 89.0 cm³/mol. The van der Waals surface area contributed by atoms with Gasteiger partial charge in [0.05, 0.1) is 18.8 Å². The van der Waals surface area contributed by atoms with Crippen LogP contribution in [-0.4, -0.2) is 25.3 Å². The maximum atomic E-state index is 12.8. The van der Waals surface area contributed by atoms with Gasteiger partial charge in [-0.1, -0.05) is 6.92 Å². The lowest BCUT2D eigenvalue weighted by Gasteiger charge is -2.19. The molecule has 7 heteroatoms. The van der Waals surface area contributed by atoms with Crippen LogP contribution in [0.3, 0.4) is 0 Å². The van der Waals surface area contributed by atoms with Crippen LogP contribution in [-0.2, 0) is 17.1 Å². The molecule has 0 radical (unpaired) electrons. The quantitative estimate of drug-likeness (QED) is 0.879. The van der Waals surface area contributed by atoms with E-state index in [1.807, 2.05) is 26.8 Å². The number of sulfonamides is 1. The molecule has 6 nitrogen and oxygen atoms in total. The van der Waals surface area contributed by atoms with Crippen molar-refractivity contribution >= 4 is 10.0 Å². The summed E-state index contributed by atoms with van der Waals surface area (Å²) in [6.07, 6.45) is 2.27. The Labute approximate surface area is 137 Å². The molecule has 1 atom stereocenters. The topological polar surface area (TPSA) is 73.2 Å². The van der Waals surface area contributed by atoms with Crippen LogP contribution in [0.4, 0.5) is 0 Å². The highest BCUT2D eigenvalue weighted by atomic mass is 32.2. The van der Waals surface area contributed by atoms with E-state index >= 15 is 0 Å². The maximum Gasteiger partial charge on any atom is 0.244 e. The van der Waals surface area contributed by atoms with Gasteiger partial charge in [-0.3, -0.25) is 4.68 Å². The minimum Gasteiger partial charge on any atom is -0.495 e. The molecular formula is C16H23N3O3S. The molecule has 0 amide bonds. The van der Waals surface area contributed by atoms with Crippen LogP contribution >= 0.6 is 0 Å². The van der Waals surface area contributed by atoms with Crippen molar-refractivity contribution in [3.8, 4) is 5.75 Å². The van der Waals surface area contributed by atoms with Gasteiger partial charge in [-0.25, -0.2) is 13.1 Å². The average molecular weight is 337 g/mol. The number of hydrogen-bond donors (Lipinski definition) is 1. The zero-order valence-corrected chi connectivity index (χ0v) is 14.9. The molecule has 0 spiro atoms. The fraction of sp³-hybridized carbons (Fsp3) is 0.438. The van der Waals surface area contributed by atoms with E-state index in [1.165, 1.54) is 7.11 Å². The second-order valence-corrected chi connectivity index (χ2v) is 7.23. The Balaban J connectivity index is 2.42. The molecule has 0 bridgehead atoms. The molecule has 1 heterocycles. The van der Waals surface area contributed by atoms with Crippen molar-refractivity contribution in [2.24, 2.45) is 7.05 Å². The Morgan fingerprint density at radius 2 is 1.96 bits per heavy atom. The molecule has 0 saturated heterocycles. The predicted octanol–water partition coefficient (Wildman–Crippen LogP) is 2.48. The highest BCUT2D eigenvalue weighted by molar-refractivity contribution is 7.89. The molecule has 1 unspecified atom stereocenters. The fourth-order valence-corrected chi connectivity index (χ4v) is 3.99. The molecule has 0 aliphatic rings. The smallest absolute Gasteiger partial charge is 0.244 e. The number of methoxy groups -OCH3 is 1. The first kappa shape index (κ1) is 17.5. The van der Waals surface area contributed by atoms with E-state index in [9.17, 15) is 8.42 Å². The van der Waals surface area contributed by atoms with Crippen LogP contribution in [0.25, 0.3) is 0 Å². The van der Waals surface area contributed by atoms with Gasteiger partial charge in [-0.05, 0) is 49.6 Å². The van der Waals surface area contributed by atoms with E-state index in [0.29, 0.717) is 12.2 Å². The molecule has 0 aliphatic carbocycles. The number of aromatic nitrogens is 2. The molecule has 23 heavy (non-hydrogen) atoms. The second kappa shape index (κ2) is 6.72. The molecule has 0 saturated carbocycles. The lowest BCUT2D eigenvalue weighted by molar-refractivity contribution is 0.401. The number of rotatable bonds is 6. The molecule has 2 rings (SSSR count). The molecule has 0 aliphatic heterocycles. The number of aryl methyl sites for hydroxylation is 3. The van der Waals surface area contributed by atoms with Gasteiger partial charge < -0.3 is 4.74 Å².